The van der Waals surface area contributed by atoms with Crippen LogP contribution in [-0.4, -0.2) is 15.0 Å². The number of rotatable bonds is 4. The van der Waals surface area contributed by atoms with E-state index in [0.29, 0.717) is 0 Å². The molecule has 0 spiro atoms. The van der Waals surface area contributed by atoms with Crippen LogP contribution < -0.4 is 0 Å². The summed E-state index contributed by atoms with van der Waals surface area (Å²) in [6.07, 6.45) is 0. The Morgan fingerprint density at radius 1 is 1.11 bits per heavy atom. The first-order valence-corrected chi connectivity index (χ1v) is 6.96. The first-order chi connectivity index (χ1) is 8.14. The second-order valence-corrected chi connectivity index (χ2v) is 5.00. The van der Waals surface area contributed by atoms with Crippen molar-refractivity contribution >= 4 is 10.1 Å². The van der Waals surface area contributed by atoms with E-state index in [4.69, 9.17) is 0 Å². The van der Waals surface area contributed by atoms with Gasteiger partial charge in [-0.05, 0) is 6.92 Å². The van der Waals surface area contributed by atoms with Crippen LogP contribution in [0.4, 0.5) is 0 Å². The minimum atomic E-state index is -3.35. The standard InChI is InChI=1S/C8H11O3S.C5H5.Fe/c1-2-11-12(9,10)7-8-5-3-4-6-8;1-2-4-5-3-1;/h3-6H,2,7H2,1H3;1-5H;/q2*-1;+2. The molecule has 0 aromatic heterocycles. The van der Waals surface area contributed by atoms with Crippen molar-refractivity contribution in [1.82, 2.24) is 0 Å². The van der Waals surface area contributed by atoms with Crippen molar-refractivity contribution in [3.63, 3.8) is 0 Å². The minimum absolute atomic E-state index is 0. The van der Waals surface area contributed by atoms with Gasteiger partial charge < -0.3 is 0 Å². The van der Waals surface area contributed by atoms with E-state index in [1.165, 1.54) is 0 Å². The maximum atomic E-state index is 11.1. The molecular weight excluding hydrogens is 292 g/mol. The summed E-state index contributed by atoms with van der Waals surface area (Å²) in [5.74, 6) is -0.0339. The van der Waals surface area contributed by atoms with Gasteiger partial charge in [0.1, 0.15) is 0 Å². The first kappa shape index (κ1) is 17.1. The monoisotopic (exact) mass is 308 g/mol. The molecule has 0 aliphatic carbocycles. The van der Waals surface area contributed by atoms with Crippen LogP contribution in [0.15, 0.2) is 54.6 Å². The Bertz CT molecular complexity index is 455. The maximum absolute atomic E-state index is 11.1. The fourth-order valence-electron chi connectivity index (χ4n) is 1.26. The molecule has 5 heteroatoms. The van der Waals surface area contributed by atoms with Gasteiger partial charge in [-0.25, -0.2) is 32.7 Å². The zero-order valence-corrected chi connectivity index (χ0v) is 12.0. The van der Waals surface area contributed by atoms with Gasteiger partial charge in [0.2, 0.25) is 0 Å². The van der Waals surface area contributed by atoms with E-state index in [-0.39, 0.29) is 29.4 Å². The fraction of sp³-hybridized carbons (Fsp3) is 0.231. The largest absolute Gasteiger partial charge is 2.00 e. The quantitative estimate of drug-likeness (QED) is 0.495. The summed E-state index contributed by atoms with van der Waals surface area (Å²) in [6.45, 7) is 1.85. The fourth-order valence-corrected chi connectivity index (χ4v) is 2.30. The van der Waals surface area contributed by atoms with Crippen molar-refractivity contribution in [2.75, 3.05) is 6.61 Å². The third-order valence-electron chi connectivity index (χ3n) is 1.93. The van der Waals surface area contributed by atoms with Gasteiger partial charge in [0.05, 0.1) is 12.4 Å². The topological polar surface area (TPSA) is 43.4 Å². The first-order valence-electron chi connectivity index (χ1n) is 5.38. The molecule has 18 heavy (non-hydrogen) atoms. The van der Waals surface area contributed by atoms with Crippen LogP contribution in [0.2, 0.25) is 0 Å². The normalized spacial score (nSPS) is 10.1. The van der Waals surface area contributed by atoms with Crippen LogP contribution in [0.3, 0.4) is 0 Å². The molecule has 3 nitrogen and oxygen atoms in total. The smallest absolute Gasteiger partial charge is 0.271 e. The molecule has 0 radical (unpaired) electrons. The van der Waals surface area contributed by atoms with Crippen molar-refractivity contribution in [2.24, 2.45) is 0 Å². The van der Waals surface area contributed by atoms with Gasteiger partial charge in [0.15, 0.2) is 0 Å². The molecule has 0 amide bonds. The minimum Gasteiger partial charge on any atom is -0.271 e. The Balaban J connectivity index is 0.000000405. The van der Waals surface area contributed by atoms with Crippen LogP contribution in [0, 0.1) is 0 Å². The summed E-state index contributed by atoms with van der Waals surface area (Å²) in [5, 5.41) is 0. The molecule has 2 rings (SSSR count). The molecule has 0 bridgehead atoms. The van der Waals surface area contributed by atoms with E-state index in [1.54, 1.807) is 31.2 Å². The Labute approximate surface area is 119 Å². The van der Waals surface area contributed by atoms with Gasteiger partial charge in [-0.15, -0.1) is 5.56 Å². The summed E-state index contributed by atoms with van der Waals surface area (Å²) in [6, 6.07) is 17.1. The summed E-state index contributed by atoms with van der Waals surface area (Å²) in [7, 11) is -3.35. The predicted octanol–water partition coefficient (Wildman–Crippen LogP) is 2.67. The SMILES string of the molecule is CCOS(=O)(=O)C[c-]1cccc1.[Fe+2].c1cc[cH-]c1. The molecule has 0 fully saturated rings. The average molecular weight is 308 g/mol. The van der Waals surface area contributed by atoms with Crippen LogP contribution in [-0.2, 0) is 37.1 Å². The van der Waals surface area contributed by atoms with E-state index in [9.17, 15) is 8.42 Å². The second-order valence-electron chi connectivity index (χ2n) is 3.36. The Kier molecular flexibility index (Phi) is 8.67. The Morgan fingerprint density at radius 2 is 1.67 bits per heavy atom. The van der Waals surface area contributed by atoms with Crippen LogP contribution in [0.1, 0.15) is 12.5 Å². The average Bonchev–Trinajstić information content (AvgIpc) is 2.90. The molecule has 2 aromatic carbocycles. The summed E-state index contributed by atoms with van der Waals surface area (Å²) >= 11 is 0. The Morgan fingerprint density at radius 3 is 2.06 bits per heavy atom. The van der Waals surface area contributed by atoms with Crippen molar-refractivity contribution in [1.29, 1.82) is 0 Å². The predicted molar refractivity (Wildman–Crippen MR) is 68.3 cm³/mol. The second kappa shape index (κ2) is 9.11. The van der Waals surface area contributed by atoms with Gasteiger partial charge in [-0.3, -0.25) is 4.18 Å². The van der Waals surface area contributed by atoms with Gasteiger partial charge in [-0.2, -0.15) is 30.3 Å². The molecule has 0 heterocycles. The zero-order chi connectivity index (χ0) is 12.6. The van der Waals surface area contributed by atoms with E-state index in [0.717, 1.165) is 5.56 Å². The van der Waals surface area contributed by atoms with Gasteiger partial charge in [0.25, 0.3) is 10.1 Å². The molecule has 0 atom stereocenters. The van der Waals surface area contributed by atoms with Crippen molar-refractivity contribution < 1.29 is 29.7 Å². The zero-order valence-electron chi connectivity index (χ0n) is 10.1. The van der Waals surface area contributed by atoms with Crippen molar-refractivity contribution in [3.8, 4) is 0 Å². The van der Waals surface area contributed by atoms with E-state index in [1.807, 2.05) is 30.3 Å². The van der Waals surface area contributed by atoms with Crippen molar-refractivity contribution in [3.05, 3.63) is 60.2 Å². The van der Waals surface area contributed by atoms with Gasteiger partial charge >= 0.3 is 17.1 Å². The van der Waals surface area contributed by atoms with E-state index >= 15 is 0 Å². The molecular formula is C13H16FeO3S. The van der Waals surface area contributed by atoms with Crippen LogP contribution >= 0.6 is 0 Å². The molecule has 0 unspecified atom stereocenters. The molecule has 100 valence electrons. The van der Waals surface area contributed by atoms with Crippen LogP contribution in [0.5, 0.6) is 0 Å². The molecule has 0 saturated carbocycles. The van der Waals surface area contributed by atoms with Gasteiger partial charge in [0, 0.05) is 0 Å². The molecule has 0 aliphatic rings. The summed E-state index contributed by atoms with van der Waals surface area (Å²) < 4.78 is 26.7. The molecule has 2 aromatic rings. The third-order valence-corrected chi connectivity index (χ3v) is 3.21. The van der Waals surface area contributed by atoms with E-state index in [2.05, 4.69) is 4.18 Å². The molecule has 0 N–H and O–H groups in total. The summed E-state index contributed by atoms with van der Waals surface area (Å²) in [4.78, 5) is 0. The number of hydrogen-bond donors (Lipinski definition) is 0. The molecule has 0 aliphatic heterocycles. The summed E-state index contributed by atoms with van der Waals surface area (Å²) in [5.41, 5.74) is 0.767. The van der Waals surface area contributed by atoms with Crippen LogP contribution in [0.25, 0.3) is 0 Å². The number of hydrogen-bond acceptors (Lipinski definition) is 3. The van der Waals surface area contributed by atoms with Crippen molar-refractivity contribution in [2.45, 2.75) is 12.7 Å². The van der Waals surface area contributed by atoms with E-state index < -0.39 is 10.1 Å². The third kappa shape index (κ3) is 7.45. The maximum Gasteiger partial charge on any atom is 2.00 e. The van der Waals surface area contributed by atoms with Gasteiger partial charge in [-0.1, -0.05) is 0 Å². The molecule has 0 saturated heterocycles. The Hall–Kier alpha value is -0.871.